The summed E-state index contributed by atoms with van der Waals surface area (Å²) in [5.74, 6) is -1.18. The number of allylic oxidation sites excluding steroid dienone is 4. The lowest BCUT2D eigenvalue weighted by Gasteiger charge is -2.35. The van der Waals surface area contributed by atoms with Gasteiger partial charge in [0.1, 0.15) is 11.9 Å². The summed E-state index contributed by atoms with van der Waals surface area (Å²) in [6.07, 6.45) is 10.4. The molecule has 15 heteroatoms. The molecule has 1 aliphatic carbocycles. The Bertz CT molecular complexity index is 2520. The third kappa shape index (κ3) is 11.5. The van der Waals surface area contributed by atoms with Crippen molar-refractivity contribution in [2.75, 3.05) is 49.5 Å². The monoisotopic (exact) mass is 910 g/mol. The minimum atomic E-state index is -0.991. The second-order valence-corrected chi connectivity index (χ2v) is 18.4. The van der Waals surface area contributed by atoms with Gasteiger partial charge in [-0.3, -0.25) is 48.7 Å². The first-order chi connectivity index (χ1) is 32.2. The number of amides is 5. The standard InChI is InChI=1S/C52H62N8O7/c1-32(2)56-42-29-37(28-40(41(42)30-53)44(61)17-15-38-34(4)26-33(3)27-45(38)62)36-14-18-46(55-31-36)59-24-22-58(23-25-59)21-20-54-47(63)13-8-6-5-7-10-35-11-9-12-39-49(35)52(67)60(51(39)66)43-16-19-48(64)57-50(43)65/h9,11-12,14,18,26,28-32,43,53,56H,5-8,10,13,15-17,19-25,27H2,1-4H3,(H,54,63)(H,57,64,65). The normalized spacial score (nSPS) is 17.8. The van der Waals surface area contributed by atoms with Crippen LogP contribution in [-0.2, 0) is 25.6 Å². The zero-order valence-electron chi connectivity index (χ0n) is 39.1. The fraction of sp³-hybridized carbons (Fsp3) is 0.442. The summed E-state index contributed by atoms with van der Waals surface area (Å²) >= 11 is 0. The summed E-state index contributed by atoms with van der Waals surface area (Å²) in [5, 5.41) is 16.9. The van der Waals surface area contributed by atoms with E-state index in [1.165, 1.54) is 6.21 Å². The van der Waals surface area contributed by atoms with Crippen LogP contribution in [0.5, 0.6) is 0 Å². The molecule has 1 atom stereocenters. The Labute approximate surface area is 392 Å². The molecule has 2 fully saturated rings. The first kappa shape index (κ1) is 48.3. The number of nitrogens with zero attached hydrogens (tertiary/aromatic N) is 4. The molecule has 1 aromatic heterocycles. The number of rotatable bonds is 20. The van der Waals surface area contributed by atoms with E-state index >= 15 is 0 Å². The first-order valence-electron chi connectivity index (χ1n) is 23.6. The highest BCUT2D eigenvalue weighted by Gasteiger charge is 2.45. The van der Waals surface area contributed by atoms with Crippen LogP contribution in [-0.4, -0.2) is 113 Å². The number of Topliss-reactive ketones (excluding diaryl/α,β-unsaturated/α-hetero) is 2. The molecular formula is C52H62N8O7. The maximum atomic E-state index is 13.8. The van der Waals surface area contributed by atoms with E-state index in [-0.39, 0.29) is 42.8 Å². The maximum Gasteiger partial charge on any atom is 0.262 e. The lowest BCUT2D eigenvalue weighted by atomic mass is 9.88. The molecule has 3 aliphatic heterocycles. The molecule has 2 saturated heterocycles. The van der Waals surface area contributed by atoms with Crippen molar-refractivity contribution in [3.8, 4) is 11.1 Å². The number of pyridine rings is 1. The van der Waals surface area contributed by atoms with Crippen molar-refractivity contribution in [3.05, 3.63) is 99.3 Å². The number of imide groups is 2. The molecule has 0 bridgehead atoms. The van der Waals surface area contributed by atoms with Gasteiger partial charge in [0.2, 0.25) is 17.7 Å². The summed E-state index contributed by atoms with van der Waals surface area (Å²) in [5.41, 5.74) is 7.39. The van der Waals surface area contributed by atoms with Gasteiger partial charge in [-0.1, -0.05) is 36.6 Å². The molecule has 2 aromatic carbocycles. The number of carbonyl (C=O) groups excluding carboxylic acids is 7. The summed E-state index contributed by atoms with van der Waals surface area (Å²) in [6, 6.07) is 12.1. The van der Waals surface area contributed by atoms with Gasteiger partial charge < -0.3 is 20.9 Å². The smallest absolute Gasteiger partial charge is 0.262 e. The lowest BCUT2D eigenvalue weighted by Crippen LogP contribution is -2.54. The van der Waals surface area contributed by atoms with Crippen molar-refractivity contribution in [1.82, 2.24) is 25.4 Å². The Kier molecular flexibility index (Phi) is 15.7. The van der Waals surface area contributed by atoms with Crippen molar-refractivity contribution in [3.63, 3.8) is 0 Å². The van der Waals surface area contributed by atoms with Crippen LogP contribution >= 0.6 is 0 Å². The summed E-state index contributed by atoms with van der Waals surface area (Å²) < 4.78 is 0. The highest BCUT2D eigenvalue weighted by atomic mass is 16.2. The second-order valence-electron chi connectivity index (χ2n) is 18.4. The number of hydrogen-bond donors (Lipinski definition) is 4. The van der Waals surface area contributed by atoms with Crippen LogP contribution in [0.2, 0.25) is 0 Å². The third-order valence-electron chi connectivity index (χ3n) is 13.1. The van der Waals surface area contributed by atoms with E-state index in [1.54, 1.807) is 12.1 Å². The molecule has 4 N–H and O–H groups in total. The van der Waals surface area contributed by atoms with Crippen LogP contribution in [0, 0.1) is 5.41 Å². The second kappa shape index (κ2) is 21.8. The number of unbranched alkanes of at least 4 members (excludes halogenated alkanes) is 3. The Morgan fingerprint density at radius 3 is 2.39 bits per heavy atom. The number of piperidine rings is 1. The van der Waals surface area contributed by atoms with Crippen LogP contribution in [0.25, 0.3) is 11.1 Å². The Hall–Kier alpha value is -6.61. The zero-order chi connectivity index (χ0) is 47.8. The molecule has 15 nitrogen and oxygen atoms in total. The van der Waals surface area contributed by atoms with E-state index < -0.39 is 29.7 Å². The number of carbonyl (C=O) groups is 7. The van der Waals surface area contributed by atoms with E-state index in [1.807, 2.05) is 70.3 Å². The van der Waals surface area contributed by atoms with Gasteiger partial charge in [0, 0.05) is 106 Å². The molecule has 352 valence electrons. The molecule has 1 unspecified atom stereocenters. The van der Waals surface area contributed by atoms with Gasteiger partial charge in [0.05, 0.1) is 11.1 Å². The van der Waals surface area contributed by atoms with Gasteiger partial charge in [-0.25, -0.2) is 4.98 Å². The van der Waals surface area contributed by atoms with E-state index in [4.69, 9.17) is 10.4 Å². The first-order valence-corrected chi connectivity index (χ1v) is 23.6. The Morgan fingerprint density at radius 2 is 1.69 bits per heavy atom. The number of piperazine rings is 1. The molecule has 7 rings (SSSR count). The van der Waals surface area contributed by atoms with Gasteiger partial charge >= 0.3 is 0 Å². The highest BCUT2D eigenvalue weighted by Crippen LogP contribution is 2.33. The van der Waals surface area contributed by atoms with Crippen molar-refractivity contribution in [2.24, 2.45) is 0 Å². The molecule has 67 heavy (non-hydrogen) atoms. The topological polar surface area (TPSA) is 202 Å². The highest BCUT2D eigenvalue weighted by molar-refractivity contribution is 6.24. The van der Waals surface area contributed by atoms with E-state index in [9.17, 15) is 33.6 Å². The van der Waals surface area contributed by atoms with Gasteiger partial charge in [-0.2, -0.15) is 0 Å². The summed E-state index contributed by atoms with van der Waals surface area (Å²) in [4.78, 5) is 100. The quantitative estimate of drug-likeness (QED) is 0.0412. The van der Waals surface area contributed by atoms with Crippen LogP contribution in [0.15, 0.2) is 71.5 Å². The SMILES string of the molecule is CC1=CC(C)=C(CCC(=O)c2cc(-c3ccc(N4CCN(CCNC(=O)CCCCCCc5cccc6c5C(=O)N(C5CCC(=O)NC5=O)C6=O)CC4)nc3)cc(NC(C)C)c2C=N)C(=O)C1. The number of fused-ring (bicyclic) bond motifs is 1. The summed E-state index contributed by atoms with van der Waals surface area (Å²) in [6.45, 7) is 12.4. The number of aryl methyl sites for hydroxylation is 1. The van der Waals surface area contributed by atoms with Gasteiger partial charge in [-0.15, -0.1) is 0 Å². The molecule has 0 saturated carbocycles. The minimum absolute atomic E-state index is 0.0221. The number of ketones is 2. The molecule has 0 radical (unpaired) electrons. The maximum absolute atomic E-state index is 13.8. The van der Waals surface area contributed by atoms with Crippen LogP contribution in [0.4, 0.5) is 11.5 Å². The molecule has 5 amide bonds. The van der Waals surface area contributed by atoms with Crippen LogP contribution in [0.3, 0.4) is 0 Å². The number of benzene rings is 2. The van der Waals surface area contributed by atoms with Gasteiger partial charge in [0.15, 0.2) is 11.6 Å². The predicted molar refractivity (Wildman–Crippen MR) is 258 cm³/mol. The van der Waals surface area contributed by atoms with Crippen LogP contribution in [0.1, 0.15) is 134 Å². The molecule has 0 spiro atoms. The average Bonchev–Trinajstić information content (AvgIpc) is 3.55. The van der Waals surface area contributed by atoms with Crippen molar-refractivity contribution >= 4 is 58.8 Å². The summed E-state index contributed by atoms with van der Waals surface area (Å²) in [7, 11) is 0. The van der Waals surface area contributed by atoms with Crippen molar-refractivity contribution in [1.29, 1.82) is 5.41 Å². The molecule has 4 heterocycles. The lowest BCUT2D eigenvalue weighted by molar-refractivity contribution is -0.136. The average molecular weight is 911 g/mol. The Morgan fingerprint density at radius 1 is 0.910 bits per heavy atom. The largest absolute Gasteiger partial charge is 0.382 e. The van der Waals surface area contributed by atoms with Crippen molar-refractivity contribution < 1.29 is 33.6 Å². The van der Waals surface area contributed by atoms with E-state index in [0.29, 0.717) is 65.7 Å². The minimum Gasteiger partial charge on any atom is -0.382 e. The number of nitrogens with one attached hydrogen (secondary N) is 4. The zero-order valence-corrected chi connectivity index (χ0v) is 39.1. The third-order valence-corrected chi connectivity index (χ3v) is 13.1. The fourth-order valence-electron chi connectivity index (χ4n) is 9.57. The molecule has 4 aliphatic rings. The predicted octanol–water partition coefficient (Wildman–Crippen LogP) is 6.60. The van der Waals surface area contributed by atoms with E-state index in [0.717, 1.165) is 97.0 Å². The number of anilines is 2. The number of hydrogen-bond acceptors (Lipinski definition) is 12. The van der Waals surface area contributed by atoms with Crippen LogP contribution < -0.4 is 20.9 Å². The number of aromatic nitrogens is 1. The fourth-order valence-corrected chi connectivity index (χ4v) is 9.57. The van der Waals surface area contributed by atoms with E-state index in [2.05, 4.69) is 25.8 Å². The van der Waals surface area contributed by atoms with Gasteiger partial charge in [0.25, 0.3) is 11.8 Å². The van der Waals surface area contributed by atoms with Gasteiger partial charge in [-0.05, 0) is 112 Å². The van der Waals surface area contributed by atoms with Crippen molar-refractivity contribution in [2.45, 2.75) is 110 Å². The molecular weight excluding hydrogens is 849 g/mol. The molecule has 3 aromatic rings. The Balaban J connectivity index is 0.828.